The minimum Gasteiger partial charge on any atom is -0.326 e. The van der Waals surface area contributed by atoms with Gasteiger partial charge < -0.3 is 10.6 Å². The van der Waals surface area contributed by atoms with Gasteiger partial charge in [-0.2, -0.15) is 0 Å². The van der Waals surface area contributed by atoms with Gasteiger partial charge in [-0.25, -0.2) is 0 Å². The SMILES string of the molecule is CCC(N)C(c1ccccn1)N(C)CCN1CCCC1. The van der Waals surface area contributed by atoms with E-state index in [2.05, 4.69) is 34.8 Å². The maximum absolute atomic E-state index is 6.34. The van der Waals surface area contributed by atoms with Crippen LogP contribution in [0.15, 0.2) is 24.4 Å². The van der Waals surface area contributed by atoms with Crippen LogP contribution in [0.1, 0.15) is 37.9 Å². The number of aromatic nitrogens is 1. The van der Waals surface area contributed by atoms with Gasteiger partial charge in [0.25, 0.3) is 0 Å². The number of likely N-dealkylation sites (N-methyl/N-ethyl adjacent to an activating group) is 1. The molecule has 1 fully saturated rings. The summed E-state index contributed by atoms with van der Waals surface area (Å²) < 4.78 is 0. The molecular weight excluding hydrogens is 248 g/mol. The molecule has 20 heavy (non-hydrogen) atoms. The van der Waals surface area contributed by atoms with Crippen molar-refractivity contribution >= 4 is 0 Å². The molecule has 0 radical (unpaired) electrons. The Morgan fingerprint density at radius 1 is 1.35 bits per heavy atom. The first kappa shape index (κ1) is 15.4. The van der Waals surface area contributed by atoms with Gasteiger partial charge in [-0.1, -0.05) is 13.0 Å². The Labute approximate surface area is 123 Å². The monoisotopic (exact) mass is 276 g/mol. The number of nitrogens with zero attached hydrogens (tertiary/aromatic N) is 3. The summed E-state index contributed by atoms with van der Waals surface area (Å²) in [7, 11) is 2.17. The van der Waals surface area contributed by atoms with Crippen LogP contribution in [0.5, 0.6) is 0 Å². The summed E-state index contributed by atoms with van der Waals surface area (Å²) in [6.45, 7) is 6.84. The lowest BCUT2D eigenvalue weighted by Gasteiger charge is -2.33. The average molecular weight is 276 g/mol. The first-order valence-corrected chi connectivity index (χ1v) is 7.81. The van der Waals surface area contributed by atoms with Crippen LogP contribution in [0, 0.1) is 0 Å². The molecule has 1 aromatic rings. The fourth-order valence-electron chi connectivity index (χ4n) is 2.99. The molecule has 0 bridgehead atoms. The third-order valence-corrected chi connectivity index (χ3v) is 4.31. The van der Waals surface area contributed by atoms with Crippen LogP contribution in [-0.2, 0) is 0 Å². The predicted molar refractivity (Wildman–Crippen MR) is 83.5 cm³/mol. The van der Waals surface area contributed by atoms with Crippen LogP contribution >= 0.6 is 0 Å². The molecule has 0 aromatic carbocycles. The summed E-state index contributed by atoms with van der Waals surface area (Å²) in [5, 5.41) is 0. The van der Waals surface area contributed by atoms with Crippen molar-refractivity contribution < 1.29 is 0 Å². The number of pyridine rings is 1. The van der Waals surface area contributed by atoms with Crippen LogP contribution < -0.4 is 5.73 Å². The van der Waals surface area contributed by atoms with Crippen molar-refractivity contribution in [1.82, 2.24) is 14.8 Å². The quantitative estimate of drug-likeness (QED) is 0.826. The third-order valence-electron chi connectivity index (χ3n) is 4.31. The number of hydrogen-bond donors (Lipinski definition) is 1. The molecule has 0 aliphatic carbocycles. The van der Waals surface area contributed by atoms with Gasteiger partial charge in [0.1, 0.15) is 0 Å². The minimum absolute atomic E-state index is 0.133. The zero-order chi connectivity index (χ0) is 14.4. The van der Waals surface area contributed by atoms with Gasteiger partial charge in [0.15, 0.2) is 0 Å². The molecule has 2 rings (SSSR count). The topological polar surface area (TPSA) is 45.4 Å². The summed E-state index contributed by atoms with van der Waals surface area (Å²) in [6, 6.07) is 6.44. The fourth-order valence-corrected chi connectivity index (χ4v) is 2.99. The lowest BCUT2D eigenvalue weighted by Crippen LogP contribution is -2.42. The van der Waals surface area contributed by atoms with Crippen LogP contribution in [-0.4, -0.2) is 54.1 Å². The van der Waals surface area contributed by atoms with E-state index in [1.165, 1.54) is 25.9 Å². The molecule has 2 N–H and O–H groups in total. The van der Waals surface area contributed by atoms with Crippen LogP contribution in [0.25, 0.3) is 0 Å². The first-order valence-electron chi connectivity index (χ1n) is 7.81. The van der Waals surface area contributed by atoms with Crippen LogP contribution in [0.3, 0.4) is 0 Å². The number of rotatable bonds is 7. The molecule has 112 valence electrons. The zero-order valence-electron chi connectivity index (χ0n) is 12.8. The highest BCUT2D eigenvalue weighted by molar-refractivity contribution is 5.11. The van der Waals surface area contributed by atoms with E-state index in [9.17, 15) is 0 Å². The number of likely N-dealkylation sites (tertiary alicyclic amines) is 1. The Morgan fingerprint density at radius 2 is 2.10 bits per heavy atom. The van der Waals surface area contributed by atoms with E-state index in [4.69, 9.17) is 5.73 Å². The Morgan fingerprint density at radius 3 is 2.70 bits per heavy atom. The van der Waals surface area contributed by atoms with Gasteiger partial charge in [0.05, 0.1) is 11.7 Å². The molecule has 1 aromatic heterocycles. The van der Waals surface area contributed by atoms with Crippen molar-refractivity contribution in [2.24, 2.45) is 5.73 Å². The fraction of sp³-hybridized carbons (Fsp3) is 0.688. The molecule has 2 heterocycles. The normalized spacial score (nSPS) is 19.4. The van der Waals surface area contributed by atoms with Crippen LogP contribution in [0.2, 0.25) is 0 Å². The second kappa shape index (κ2) is 7.72. The van der Waals surface area contributed by atoms with Crippen molar-refractivity contribution in [3.05, 3.63) is 30.1 Å². The smallest absolute Gasteiger partial charge is 0.0671 e. The molecule has 4 nitrogen and oxygen atoms in total. The van der Waals surface area contributed by atoms with Crippen molar-refractivity contribution in [1.29, 1.82) is 0 Å². The van der Waals surface area contributed by atoms with Crippen molar-refractivity contribution in [2.75, 3.05) is 33.2 Å². The highest BCUT2D eigenvalue weighted by Crippen LogP contribution is 2.22. The molecule has 4 heteroatoms. The van der Waals surface area contributed by atoms with E-state index < -0.39 is 0 Å². The minimum atomic E-state index is 0.133. The van der Waals surface area contributed by atoms with E-state index in [1.54, 1.807) is 0 Å². The van der Waals surface area contributed by atoms with Crippen molar-refractivity contribution in [2.45, 2.75) is 38.3 Å². The van der Waals surface area contributed by atoms with Gasteiger partial charge in [-0.3, -0.25) is 9.88 Å². The standard InChI is InChI=1S/C16H28N4/c1-3-14(17)16(15-8-4-5-9-18-15)19(2)12-13-20-10-6-7-11-20/h4-5,8-9,14,16H,3,6-7,10-13,17H2,1-2H3. The summed E-state index contributed by atoms with van der Waals surface area (Å²) in [5.41, 5.74) is 7.43. The lowest BCUT2D eigenvalue weighted by atomic mass is 10.0. The van der Waals surface area contributed by atoms with E-state index in [-0.39, 0.29) is 12.1 Å². The maximum Gasteiger partial charge on any atom is 0.0671 e. The van der Waals surface area contributed by atoms with E-state index in [1.807, 2.05) is 18.3 Å². The Bertz CT molecular complexity index is 375. The largest absolute Gasteiger partial charge is 0.326 e. The van der Waals surface area contributed by atoms with E-state index >= 15 is 0 Å². The summed E-state index contributed by atoms with van der Waals surface area (Å²) in [4.78, 5) is 9.43. The van der Waals surface area contributed by atoms with E-state index in [0.717, 1.165) is 25.2 Å². The first-order chi connectivity index (χ1) is 9.72. The van der Waals surface area contributed by atoms with Crippen molar-refractivity contribution in [3.8, 4) is 0 Å². The van der Waals surface area contributed by atoms with Gasteiger partial charge in [0, 0.05) is 25.3 Å². The highest BCUT2D eigenvalue weighted by Gasteiger charge is 2.24. The van der Waals surface area contributed by atoms with Gasteiger partial charge in [-0.15, -0.1) is 0 Å². The maximum atomic E-state index is 6.34. The summed E-state index contributed by atoms with van der Waals surface area (Å²) in [6.07, 6.45) is 5.53. The second-order valence-corrected chi connectivity index (χ2v) is 5.80. The third kappa shape index (κ3) is 4.01. The molecule has 1 aliphatic rings. The van der Waals surface area contributed by atoms with Gasteiger partial charge in [-0.05, 0) is 51.5 Å². The Hall–Kier alpha value is -0.970. The highest BCUT2D eigenvalue weighted by atomic mass is 15.2. The number of hydrogen-bond acceptors (Lipinski definition) is 4. The van der Waals surface area contributed by atoms with E-state index in [0.29, 0.717) is 0 Å². The average Bonchev–Trinajstić information content (AvgIpc) is 2.99. The molecule has 2 atom stereocenters. The molecule has 0 amide bonds. The molecular formula is C16H28N4. The molecule has 1 saturated heterocycles. The second-order valence-electron chi connectivity index (χ2n) is 5.80. The summed E-state index contributed by atoms with van der Waals surface area (Å²) >= 11 is 0. The van der Waals surface area contributed by atoms with Gasteiger partial charge >= 0.3 is 0 Å². The predicted octanol–water partition coefficient (Wildman–Crippen LogP) is 1.89. The van der Waals surface area contributed by atoms with Crippen LogP contribution in [0.4, 0.5) is 0 Å². The molecule has 1 aliphatic heterocycles. The number of nitrogens with two attached hydrogens (primary N) is 1. The molecule has 2 unspecified atom stereocenters. The Balaban J connectivity index is 1.98. The summed E-state index contributed by atoms with van der Waals surface area (Å²) in [5.74, 6) is 0. The Kier molecular flexibility index (Phi) is 5.95. The molecule has 0 saturated carbocycles. The lowest BCUT2D eigenvalue weighted by molar-refractivity contribution is 0.179. The van der Waals surface area contributed by atoms with Crippen molar-refractivity contribution in [3.63, 3.8) is 0 Å². The molecule has 0 spiro atoms. The van der Waals surface area contributed by atoms with Gasteiger partial charge in [0.2, 0.25) is 0 Å². The zero-order valence-corrected chi connectivity index (χ0v) is 12.8.